The Hall–Kier alpha value is -2.61. The van der Waals surface area contributed by atoms with Crippen LogP contribution < -0.4 is 20.1 Å². The van der Waals surface area contributed by atoms with Crippen LogP contribution in [-0.2, 0) is 17.8 Å². The fraction of sp³-hybridized carbons (Fsp3) is 0.471. The topological polar surface area (TPSA) is 90.3 Å². The summed E-state index contributed by atoms with van der Waals surface area (Å²) < 4.78 is 12.7. The predicted molar refractivity (Wildman–Crippen MR) is 91.6 cm³/mol. The van der Waals surface area contributed by atoms with E-state index in [-0.39, 0.29) is 18.5 Å². The molecule has 0 fully saturated rings. The summed E-state index contributed by atoms with van der Waals surface area (Å²) >= 11 is 0. The minimum absolute atomic E-state index is 0.0481. The first-order valence-electron chi connectivity index (χ1n) is 8.39. The number of methoxy groups -OCH3 is 1. The molecule has 1 aromatic heterocycles. The van der Waals surface area contributed by atoms with Gasteiger partial charge in [-0.2, -0.15) is 5.10 Å². The number of aryl methyl sites for hydroxylation is 1. The van der Waals surface area contributed by atoms with Crippen LogP contribution in [0.3, 0.4) is 0 Å². The molecule has 0 bridgehead atoms. The molecule has 0 spiro atoms. The van der Waals surface area contributed by atoms with Crippen LogP contribution in [-0.4, -0.2) is 53.5 Å². The van der Waals surface area contributed by atoms with Gasteiger partial charge in [0, 0.05) is 12.5 Å². The molecule has 8 heteroatoms. The zero-order chi connectivity index (χ0) is 17.5. The summed E-state index contributed by atoms with van der Waals surface area (Å²) in [6, 6.07) is 7.68. The van der Waals surface area contributed by atoms with Crippen LogP contribution in [0, 0.1) is 0 Å². The average Bonchev–Trinajstić information content (AvgIpc) is 3.11. The second-order valence-electron chi connectivity index (χ2n) is 5.82. The molecule has 0 aliphatic carbocycles. The molecular formula is C17H23N5O3. The van der Waals surface area contributed by atoms with E-state index in [1.54, 1.807) is 13.4 Å². The molecule has 3 rings (SSSR count). The van der Waals surface area contributed by atoms with Gasteiger partial charge in [-0.15, -0.1) is 0 Å². The molecule has 1 aromatic carbocycles. The number of carbonyl (C=O) groups excluding carboxylic acids is 1. The Labute approximate surface area is 146 Å². The second-order valence-corrected chi connectivity index (χ2v) is 5.82. The number of aromatic nitrogens is 3. The number of hydrogen-bond donors (Lipinski definition) is 2. The number of nitrogens with zero attached hydrogens (tertiary/aromatic N) is 3. The van der Waals surface area contributed by atoms with Crippen LogP contribution in [0.2, 0.25) is 0 Å². The lowest BCUT2D eigenvalue weighted by Gasteiger charge is -2.23. The molecule has 0 radical (unpaired) electrons. The highest BCUT2D eigenvalue weighted by molar-refractivity contribution is 5.77. The van der Waals surface area contributed by atoms with Gasteiger partial charge in [-0.3, -0.25) is 4.79 Å². The first-order chi connectivity index (χ1) is 12.3. The van der Waals surface area contributed by atoms with E-state index >= 15 is 0 Å². The third-order valence-corrected chi connectivity index (χ3v) is 4.11. The van der Waals surface area contributed by atoms with Gasteiger partial charge in [0.1, 0.15) is 18.8 Å². The SMILES string of the molecule is COc1ccccc1OCCNC(=O)CN[C@@H]1CCc2ncnn2C1. The van der Waals surface area contributed by atoms with Crippen LogP contribution in [0.25, 0.3) is 0 Å². The molecule has 1 amide bonds. The monoisotopic (exact) mass is 345 g/mol. The summed E-state index contributed by atoms with van der Waals surface area (Å²) in [5, 5.41) is 10.3. The van der Waals surface area contributed by atoms with E-state index in [1.165, 1.54) is 0 Å². The van der Waals surface area contributed by atoms with Crippen molar-refractivity contribution >= 4 is 5.91 Å². The van der Waals surface area contributed by atoms with Crippen molar-refractivity contribution < 1.29 is 14.3 Å². The number of ether oxygens (including phenoxy) is 2. The highest BCUT2D eigenvalue weighted by Crippen LogP contribution is 2.25. The molecule has 2 N–H and O–H groups in total. The van der Waals surface area contributed by atoms with Crippen molar-refractivity contribution in [1.82, 2.24) is 25.4 Å². The molecule has 25 heavy (non-hydrogen) atoms. The number of amides is 1. The van der Waals surface area contributed by atoms with E-state index in [0.717, 1.165) is 25.2 Å². The summed E-state index contributed by atoms with van der Waals surface area (Å²) in [6.45, 7) is 1.86. The number of carbonyl (C=O) groups is 1. The minimum Gasteiger partial charge on any atom is -0.493 e. The van der Waals surface area contributed by atoms with E-state index in [2.05, 4.69) is 20.7 Å². The zero-order valence-corrected chi connectivity index (χ0v) is 14.3. The molecule has 2 heterocycles. The van der Waals surface area contributed by atoms with Crippen molar-refractivity contribution in [3.05, 3.63) is 36.4 Å². The Bertz CT molecular complexity index is 703. The first kappa shape index (κ1) is 17.2. The molecule has 8 nitrogen and oxygen atoms in total. The maximum absolute atomic E-state index is 11.9. The van der Waals surface area contributed by atoms with Crippen molar-refractivity contribution in [2.75, 3.05) is 26.8 Å². The van der Waals surface area contributed by atoms with Crippen LogP contribution >= 0.6 is 0 Å². The van der Waals surface area contributed by atoms with E-state index in [1.807, 2.05) is 28.9 Å². The summed E-state index contributed by atoms with van der Waals surface area (Å²) in [7, 11) is 1.60. The third kappa shape index (κ3) is 4.69. The fourth-order valence-corrected chi connectivity index (χ4v) is 2.79. The van der Waals surface area contributed by atoms with Gasteiger partial charge in [0.2, 0.25) is 5.91 Å². The van der Waals surface area contributed by atoms with Crippen LogP contribution in [0.1, 0.15) is 12.2 Å². The largest absolute Gasteiger partial charge is 0.493 e. The Morgan fingerprint density at radius 2 is 2.20 bits per heavy atom. The smallest absolute Gasteiger partial charge is 0.234 e. The fourth-order valence-electron chi connectivity index (χ4n) is 2.79. The lowest BCUT2D eigenvalue weighted by atomic mass is 10.1. The van der Waals surface area contributed by atoms with Crippen molar-refractivity contribution in [2.24, 2.45) is 0 Å². The molecule has 1 aliphatic rings. The van der Waals surface area contributed by atoms with Gasteiger partial charge in [-0.25, -0.2) is 9.67 Å². The van der Waals surface area contributed by atoms with Gasteiger partial charge < -0.3 is 20.1 Å². The molecule has 2 aromatic rings. The number of rotatable bonds is 8. The van der Waals surface area contributed by atoms with Crippen molar-refractivity contribution in [3.63, 3.8) is 0 Å². The van der Waals surface area contributed by atoms with Crippen LogP contribution in [0.5, 0.6) is 11.5 Å². The maximum Gasteiger partial charge on any atom is 0.234 e. The maximum atomic E-state index is 11.9. The summed E-state index contributed by atoms with van der Waals surface area (Å²) in [4.78, 5) is 16.1. The van der Waals surface area contributed by atoms with Crippen LogP contribution in [0.15, 0.2) is 30.6 Å². The zero-order valence-electron chi connectivity index (χ0n) is 14.3. The third-order valence-electron chi connectivity index (χ3n) is 4.11. The van der Waals surface area contributed by atoms with Gasteiger partial charge >= 0.3 is 0 Å². The summed E-state index contributed by atoms with van der Waals surface area (Å²) in [5.41, 5.74) is 0. The molecular weight excluding hydrogens is 322 g/mol. The van der Waals surface area contributed by atoms with Gasteiger partial charge in [0.15, 0.2) is 11.5 Å². The number of nitrogens with one attached hydrogen (secondary N) is 2. The highest BCUT2D eigenvalue weighted by atomic mass is 16.5. The van der Waals surface area contributed by atoms with Crippen molar-refractivity contribution in [3.8, 4) is 11.5 Å². The van der Waals surface area contributed by atoms with E-state index in [9.17, 15) is 4.79 Å². The van der Waals surface area contributed by atoms with Gasteiger partial charge in [-0.05, 0) is 18.6 Å². The highest BCUT2D eigenvalue weighted by Gasteiger charge is 2.19. The molecule has 0 saturated heterocycles. The lowest BCUT2D eigenvalue weighted by Crippen LogP contribution is -2.44. The Morgan fingerprint density at radius 3 is 3.04 bits per heavy atom. The number of hydrogen-bond acceptors (Lipinski definition) is 6. The standard InChI is InChI=1S/C17H23N5O3/c1-24-14-4-2-3-5-15(14)25-9-8-18-17(23)10-19-13-6-7-16-20-12-21-22(16)11-13/h2-5,12-13,19H,6-11H2,1H3,(H,18,23)/t13-/m1/s1. The lowest BCUT2D eigenvalue weighted by molar-refractivity contribution is -0.120. The van der Waals surface area contributed by atoms with Crippen LogP contribution in [0.4, 0.5) is 0 Å². The predicted octanol–water partition coefficient (Wildman–Crippen LogP) is 0.386. The minimum atomic E-state index is -0.0481. The molecule has 134 valence electrons. The summed E-state index contributed by atoms with van der Waals surface area (Å²) in [6.07, 6.45) is 3.42. The Kier molecular flexibility index (Phi) is 5.84. The molecule has 0 unspecified atom stereocenters. The second kappa shape index (κ2) is 8.48. The molecule has 1 aliphatic heterocycles. The van der Waals surface area contributed by atoms with Crippen molar-refractivity contribution in [2.45, 2.75) is 25.4 Å². The number of para-hydroxylation sites is 2. The van der Waals surface area contributed by atoms with E-state index in [4.69, 9.17) is 9.47 Å². The Balaban J connectivity index is 1.32. The average molecular weight is 345 g/mol. The normalized spacial score (nSPS) is 16.1. The van der Waals surface area contributed by atoms with Gasteiger partial charge in [-0.1, -0.05) is 12.1 Å². The number of fused-ring (bicyclic) bond motifs is 1. The van der Waals surface area contributed by atoms with E-state index < -0.39 is 0 Å². The first-order valence-corrected chi connectivity index (χ1v) is 8.39. The van der Waals surface area contributed by atoms with Gasteiger partial charge in [0.05, 0.1) is 26.7 Å². The molecule has 0 saturated carbocycles. The Morgan fingerprint density at radius 1 is 1.36 bits per heavy atom. The number of benzene rings is 1. The van der Waals surface area contributed by atoms with E-state index in [0.29, 0.717) is 24.7 Å². The van der Waals surface area contributed by atoms with Gasteiger partial charge in [0.25, 0.3) is 0 Å². The quantitative estimate of drug-likeness (QED) is 0.673. The summed E-state index contributed by atoms with van der Waals surface area (Å²) in [5.74, 6) is 2.31. The van der Waals surface area contributed by atoms with Crippen molar-refractivity contribution in [1.29, 1.82) is 0 Å². The molecule has 1 atom stereocenters.